The first-order chi connectivity index (χ1) is 8.17. The molecule has 3 nitrogen and oxygen atoms in total. The van der Waals surface area contributed by atoms with Gasteiger partial charge in [-0.15, -0.1) is 0 Å². The first kappa shape index (κ1) is 13.2. The van der Waals surface area contributed by atoms with E-state index in [1.165, 1.54) is 25.7 Å². The number of carbonyl (C=O) groups is 1. The van der Waals surface area contributed by atoms with Gasteiger partial charge in [0.05, 0.1) is 0 Å². The SMILES string of the molecule is CSC[C@H](C)NC(=O)CC1C[C@H]2CC[C@@H](C1)N2. The van der Waals surface area contributed by atoms with Crippen LogP contribution in [0.15, 0.2) is 0 Å². The average Bonchev–Trinajstić information content (AvgIpc) is 2.58. The van der Waals surface area contributed by atoms with E-state index in [0.717, 1.165) is 12.2 Å². The van der Waals surface area contributed by atoms with E-state index in [-0.39, 0.29) is 5.91 Å². The Bertz CT molecular complexity index is 260. The Morgan fingerprint density at radius 3 is 2.65 bits per heavy atom. The fourth-order valence-corrected chi connectivity index (χ4v) is 3.81. The normalized spacial score (nSPS) is 33.4. The highest BCUT2D eigenvalue weighted by atomic mass is 32.2. The van der Waals surface area contributed by atoms with Crippen molar-refractivity contribution in [3.05, 3.63) is 0 Å². The van der Waals surface area contributed by atoms with Crippen LogP contribution >= 0.6 is 11.8 Å². The summed E-state index contributed by atoms with van der Waals surface area (Å²) in [5.74, 6) is 1.86. The summed E-state index contributed by atoms with van der Waals surface area (Å²) in [6.45, 7) is 2.08. The molecule has 0 aromatic carbocycles. The van der Waals surface area contributed by atoms with Crippen LogP contribution in [0.4, 0.5) is 0 Å². The molecule has 98 valence electrons. The lowest BCUT2D eigenvalue weighted by atomic mass is 9.89. The third-order valence-corrected chi connectivity index (χ3v) is 4.70. The second-order valence-electron chi connectivity index (χ2n) is 5.60. The molecule has 0 aliphatic carbocycles. The lowest BCUT2D eigenvalue weighted by Crippen LogP contribution is -2.41. The van der Waals surface area contributed by atoms with Crippen LogP contribution in [0.3, 0.4) is 0 Å². The lowest BCUT2D eigenvalue weighted by Gasteiger charge is -2.29. The van der Waals surface area contributed by atoms with E-state index < -0.39 is 0 Å². The zero-order chi connectivity index (χ0) is 12.3. The van der Waals surface area contributed by atoms with Gasteiger partial charge < -0.3 is 10.6 Å². The van der Waals surface area contributed by atoms with Crippen LogP contribution in [0.1, 0.15) is 39.0 Å². The molecule has 0 aromatic rings. The van der Waals surface area contributed by atoms with Gasteiger partial charge in [-0.1, -0.05) is 0 Å². The molecule has 2 N–H and O–H groups in total. The van der Waals surface area contributed by atoms with Crippen molar-refractivity contribution < 1.29 is 4.79 Å². The van der Waals surface area contributed by atoms with Crippen molar-refractivity contribution in [2.24, 2.45) is 5.92 Å². The summed E-state index contributed by atoms with van der Waals surface area (Å²) in [4.78, 5) is 11.9. The summed E-state index contributed by atoms with van der Waals surface area (Å²) in [5.41, 5.74) is 0. The minimum atomic E-state index is 0.248. The molecule has 2 aliphatic rings. The lowest BCUT2D eigenvalue weighted by molar-refractivity contribution is -0.122. The average molecular weight is 256 g/mol. The maximum Gasteiger partial charge on any atom is 0.220 e. The molecular weight excluding hydrogens is 232 g/mol. The number of amides is 1. The van der Waals surface area contributed by atoms with E-state index in [2.05, 4.69) is 23.8 Å². The molecule has 0 aromatic heterocycles. The fourth-order valence-electron chi connectivity index (χ4n) is 3.23. The first-order valence-electron chi connectivity index (χ1n) is 6.71. The number of hydrogen-bond acceptors (Lipinski definition) is 3. The molecule has 0 spiro atoms. The van der Waals surface area contributed by atoms with E-state index in [1.807, 2.05) is 0 Å². The van der Waals surface area contributed by atoms with Gasteiger partial charge in [-0.2, -0.15) is 11.8 Å². The minimum absolute atomic E-state index is 0.248. The van der Waals surface area contributed by atoms with Crippen LogP contribution in [0.5, 0.6) is 0 Å². The highest BCUT2D eigenvalue weighted by molar-refractivity contribution is 7.98. The molecule has 0 radical (unpaired) electrons. The molecule has 2 saturated heterocycles. The zero-order valence-electron chi connectivity index (χ0n) is 10.9. The Morgan fingerprint density at radius 2 is 2.06 bits per heavy atom. The van der Waals surface area contributed by atoms with Gasteiger partial charge in [0.15, 0.2) is 0 Å². The number of thioether (sulfide) groups is 1. The highest BCUT2D eigenvalue weighted by Gasteiger charge is 2.34. The molecular formula is C13H24N2OS. The summed E-state index contributed by atoms with van der Waals surface area (Å²) in [6.07, 6.45) is 7.82. The molecule has 2 fully saturated rings. The van der Waals surface area contributed by atoms with Crippen molar-refractivity contribution in [3.8, 4) is 0 Å². The maximum absolute atomic E-state index is 11.9. The van der Waals surface area contributed by atoms with E-state index in [0.29, 0.717) is 24.0 Å². The highest BCUT2D eigenvalue weighted by Crippen LogP contribution is 2.32. The van der Waals surface area contributed by atoms with Gasteiger partial charge in [-0.25, -0.2) is 0 Å². The molecule has 2 bridgehead atoms. The number of fused-ring (bicyclic) bond motifs is 2. The quantitative estimate of drug-likeness (QED) is 0.788. The Hall–Kier alpha value is -0.220. The van der Waals surface area contributed by atoms with E-state index in [9.17, 15) is 4.79 Å². The van der Waals surface area contributed by atoms with Gasteiger partial charge in [-0.3, -0.25) is 4.79 Å². The molecule has 1 unspecified atom stereocenters. The van der Waals surface area contributed by atoms with E-state index in [4.69, 9.17) is 0 Å². The molecule has 4 atom stereocenters. The molecule has 17 heavy (non-hydrogen) atoms. The molecule has 2 aliphatic heterocycles. The Kier molecular flexibility index (Phi) is 4.74. The minimum Gasteiger partial charge on any atom is -0.353 e. The third-order valence-electron chi connectivity index (χ3n) is 3.87. The van der Waals surface area contributed by atoms with Crippen molar-refractivity contribution in [3.63, 3.8) is 0 Å². The number of piperidine rings is 1. The summed E-state index contributed by atoms with van der Waals surface area (Å²) in [7, 11) is 0. The van der Waals surface area contributed by atoms with Gasteiger partial charge >= 0.3 is 0 Å². The smallest absolute Gasteiger partial charge is 0.220 e. The molecule has 2 rings (SSSR count). The van der Waals surface area contributed by atoms with Crippen molar-refractivity contribution in [1.82, 2.24) is 10.6 Å². The Balaban J connectivity index is 1.71. The number of carbonyl (C=O) groups excluding carboxylic acids is 1. The van der Waals surface area contributed by atoms with Gasteiger partial charge in [-0.05, 0) is 44.8 Å². The second-order valence-corrected chi connectivity index (χ2v) is 6.51. The van der Waals surface area contributed by atoms with Crippen molar-refractivity contribution in [1.29, 1.82) is 0 Å². The fraction of sp³-hybridized carbons (Fsp3) is 0.923. The second kappa shape index (κ2) is 6.10. The van der Waals surface area contributed by atoms with Crippen LogP contribution < -0.4 is 10.6 Å². The summed E-state index contributed by atoms with van der Waals surface area (Å²) < 4.78 is 0. The van der Waals surface area contributed by atoms with Gasteiger partial charge in [0.2, 0.25) is 5.91 Å². The van der Waals surface area contributed by atoms with Crippen LogP contribution in [-0.4, -0.2) is 36.0 Å². The van der Waals surface area contributed by atoms with Crippen molar-refractivity contribution >= 4 is 17.7 Å². The van der Waals surface area contributed by atoms with Crippen LogP contribution in [0, 0.1) is 5.92 Å². The van der Waals surface area contributed by atoms with Crippen LogP contribution in [0.2, 0.25) is 0 Å². The van der Waals surface area contributed by atoms with Gasteiger partial charge in [0, 0.05) is 30.3 Å². The van der Waals surface area contributed by atoms with Crippen molar-refractivity contribution in [2.75, 3.05) is 12.0 Å². The molecule has 2 heterocycles. The number of nitrogens with one attached hydrogen (secondary N) is 2. The Labute approximate surface area is 108 Å². The summed E-state index contributed by atoms with van der Waals surface area (Å²) in [6, 6.07) is 1.68. The van der Waals surface area contributed by atoms with Crippen LogP contribution in [-0.2, 0) is 4.79 Å². The van der Waals surface area contributed by atoms with Gasteiger partial charge in [0.1, 0.15) is 0 Å². The predicted molar refractivity (Wildman–Crippen MR) is 73.3 cm³/mol. The van der Waals surface area contributed by atoms with E-state index in [1.54, 1.807) is 11.8 Å². The monoisotopic (exact) mass is 256 g/mol. The maximum atomic E-state index is 11.9. The zero-order valence-corrected chi connectivity index (χ0v) is 11.7. The molecule has 4 heteroatoms. The molecule has 0 saturated carbocycles. The summed E-state index contributed by atoms with van der Waals surface area (Å²) >= 11 is 1.78. The number of rotatable bonds is 5. The standard InChI is InChI=1S/C13H24N2OS/c1-9(8-17-2)14-13(16)7-10-5-11-3-4-12(6-10)15-11/h9-12,15H,3-8H2,1-2H3,(H,14,16)/t9-,10?,11-,12+/m0/s1. The van der Waals surface area contributed by atoms with Crippen LogP contribution in [0.25, 0.3) is 0 Å². The topological polar surface area (TPSA) is 41.1 Å². The van der Waals surface area contributed by atoms with Gasteiger partial charge in [0.25, 0.3) is 0 Å². The Morgan fingerprint density at radius 1 is 1.41 bits per heavy atom. The van der Waals surface area contributed by atoms with Crippen molar-refractivity contribution in [2.45, 2.75) is 57.2 Å². The molecule has 1 amide bonds. The third kappa shape index (κ3) is 3.88. The first-order valence-corrected chi connectivity index (χ1v) is 8.11. The number of hydrogen-bond donors (Lipinski definition) is 2. The summed E-state index contributed by atoms with van der Waals surface area (Å²) in [5, 5.41) is 6.72. The van der Waals surface area contributed by atoms with E-state index >= 15 is 0 Å². The predicted octanol–water partition coefficient (Wildman–Crippen LogP) is 1.77. The largest absolute Gasteiger partial charge is 0.353 e.